The molecule has 6 heteroatoms. The van der Waals surface area contributed by atoms with Gasteiger partial charge in [0.1, 0.15) is 5.54 Å². The van der Waals surface area contributed by atoms with E-state index in [2.05, 4.69) is 10.3 Å². The van der Waals surface area contributed by atoms with Gasteiger partial charge in [0, 0.05) is 11.7 Å². The van der Waals surface area contributed by atoms with Crippen LogP contribution in [0.3, 0.4) is 0 Å². The molecule has 32 heavy (non-hydrogen) atoms. The molecule has 1 saturated carbocycles. The molecule has 166 valence electrons. The molecule has 5 rings (SSSR count). The zero-order chi connectivity index (χ0) is 22.3. The summed E-state index contributed by atoms with van der Waals surface area (Å²) in [7, 11) is 0. The van der Waals surface area contributed by atoms with E-state index in [-0.39, 0.29) is 17.9 Å². The number of anilines is 1. The summed E-state index contributed by atoms with van der Waals surface area (Å²) in [6.45, 7) is 4.26. The van der Waals surface area contributed by atoms with Crippen LogP contribution in [0.15, 0.2) is 48.5 Å². The number of aromatic nitrogens is 2. The summed E-state index contributed by atoms with van der Waals surface area (Å²) in [5, 5.41) is 3.31. The Labute approximate surface area is 188 Å². The van der Waals surface area contributed by atoms with E-state index in [0.717, 1.165) is 48.0 Å². The molecule has 0 bridgehead atoms. The Morgan fingerprint density at radius 3 is 2.44 bits per heavy atom. The third-order valence-corrected chi connectivity index (χ3v) is 6.98. The molecule has 1 aromatic heterocycles. The summed E-state index contributed by atoms with van der Waals surface area (Å²) in [6, 6.07) is 15.7. The minimum absolute atomic E-state index is 0.0956. The van der Waals surface area contributed by atoms with Gasteiger partial charge in [-0.2, -0.15) is 0 Å². The summed E-state index contributed by atoms with van der Waals surface area (Å²) in [5.74, 6) is 0.0445. The van der Waals surface area contributed by atoms with Crippen molar-refractivity contribution in [2.24, 2.45) is 0 Å². The van der Waals surface area contributed by atoms with E-state index >= 15 is 0 Å². The van der Waals surface area contributed by atoms with Gasteiger partial charge in [-0.25, -0.2) is 4.98 Å². The van der Waals surface area contributed by atoms with E-state index in [0.29, 0.717) is 12.4 Å². The van der Waals surface area contributed by atoms with Crippen molar-refractivity contribution in [2.75, 3.05) is 4.90 Å². The highest BCUT2D eigenvalue weighted by atomic mass is 16.2. The quantitative estimate of drug-likeness (QED) is 0.618. The van der Waals surface area contributed by atoms with Gasteiger partial charge in [-0.05, 0) is 51.0 Å². The zero-order valence-electron chi connectivity index (χ0n) is 18.8. The second-order valence-electron chi connectivity index (χ2n) is 9.42. The standard InChI is InChI=1S/C26H30N4O2/c1-18-13-15-20(16-14-18)30-24(31)23-28-21-11-7-8-12-22(21)29(23)17-26(30,2)25(32)27-19-9-5-3-4-6-10-19/h7-8,11-16,19H,3-6,9-10,17H2,1-2H3,(H,27,32). The smallest absolute Gasteiger partial charge is 0.295 e. The number of nitrogens with one attached hydrogen (secondary N) is 1. The van der Waals surface area contributed by atoms with Gasteiger partial charge in [0.25, 0.3) is 5.91 Å². The molecule has 1 aliphatic carbocycles. The number of hydrogen-bond donors (Lipinski definition) is 1. The first kappa shape index (κ1) is 20.7. The van der Waals surface area contributed by atoms with Gasteiger partial charge in [0.15, 0.2) is 0 Å². The normalized spacial score (nSPS) is 21.9. The summed E-state index contributed by atoms with van der Waals surface area (Å²) in [6.07, 6.45) is 6.72. The molecule has 1 fully saturated rings. The molecule has 0 spiro atoms. The van der Waals surface area contributed by atoms with Crippen molar-refractivity contribution in [1.29, 1.82) is 0 Å². The van der Waals surface area contributed by atoms with E-state index in [1.54, 1.807) is 4.90 Å². The first-order valence-corrected chi connectivity index (χ1v) is 11.6. The number of carbonyl (C=O) groups is 2. The fraction of sp³-hybridized carbons (Fsp3) is 0.423. The Hall–Kier alpha value is -3.15. The average molecular weight is 431 g/mol. The van der Waals surface area contributed by atoms with Gasteiger partial charge in [-0.1, -0.05) is 55.5 Å². The summed E-state index contributed by atoms with van der Waals surface area (Å²) in [5.41, 5.74) is 2.42. The summed E-state index contributed by atoms with van der Waals surface area (Å²) >= 11 is 0. The highest BCUT2D eigenvalue weighted by molar-refractivity contribution is 6.12. The summed E-state index contributed by atoms with van der Waals surface area (Å²) < 4.78 is 1.91. The van der Waals surface area contributed by atoms with Crippen LogP contribution >= 0.6 is 0 Å². The number of benzene rings is 2. The van der Waals surface area contributed by atoms with Crippen LogP contribution in [0.1, 0.15) is 61.6 Å². The molecule has 6 nitrogen and oxygen atoms in total. The fourth-order valence-electron chi connectivity index (χ4n) is 5.14. The highest BCUT2D eigenvalue weighted by Gasteiger charge is 2.49. The topological polar surface area (TPSA) is 67.2 Å². The van der Waals surface area contributed by atoms with E-state index in [1.807, 2.05) is 66.9 Å². The highest BCUT2D eigenvalue weighted by Crippen LogP contribution is 2.35. The number of nitrogens with zero attached hydrogens (tertiary/aromatic N) is 3. The van der Waals surface area contributed by atoms with Crippen molar-refractivity contribution in [3.8, 4) is 0 Å². The van der Waals surface area contributed by atoms with Crippen LogP contribution in [0, 0.1) is 6.92 Å². The third-order valence-electron chi connectivity index (χ3n) is 6.98. The van der Waals surface area contributed by atoms with Crippen LogP contribution in [0.4, 0.5) is 5.69 Å². The van der Waals surface area contributed by atoms with Crippen molar-refractivity contribution in [3.63, 3.8) is 0 Å². The summed E-state index contributed by atoms with van der Waals surface area (Å²) in [4.78, 5) is 33.9. The number of rotatable bonds is 3. The van der Waals surface area contributed by atoms with Crippen LogP contribution < -0.4 is 10.2 Å². The largest absolute Gasteiger partial charge is 0.351 e. The lowest BCUT2D eigenvalue weighted by atomic mass is 9.93. The van der Waals surface area contributed by atoms with Gasteiger partial charge in [0.2, 0.25) is 11.7 Å². The molecule has 2 aromatic carbocycles. The zero-order valence-corrected chi connectivity index (χ0v) is 18.8. The molecule has 0 radical (unpaired) electrons. The molecule has 0 saturated heterocycles. The molecular weight excluding hydrogens is 400 g/mol. The Morgan fingerprint density at radius 2 is 1.72 bits per heavy atom. The fourth-order valence-corrected chi connectivity index (χ4v) is 5.14. The van der Waals surface area contributed by atoms with Crippen LogP contribution in [-0.2, 0) is 11.3 Å². The van der Waals surface area contributed by atoms with Crippen molar-refractivity contribution in [3.05, 3.63) is 59.9 Å². The number of aryl methyl sites for hydroxylation is 1. The predicted octanol–water partition coefficient (Wildman–Crippen LogP) is 4.60. The van der Waals surface area contributed by atoms with E-state index in [1.165, 1.54) is 12.8 Å². The molecule has 1 N–H and O–H groups in total. The first-order chi connectivity index (χ1) is 15.5. The lowest BCUT2D eigenvalue weighted by molar-refractivity contribution is -0.127. The second-order valence-corrected chi connectivity index (χ2v) is 9.42. The number of amides is 2. The van der Waals surface area contributed by atoms with Gasteiger partial charge in [-0.15, -0.1) is 0 Å². The van der Waals surface area contributed by atoms with Crippen LogP contribution in [0.5, 0.6) is 0 Å². The number of fused-ring (bicyclic) bond motifs is 3. The van der Waals surface area contributed by atoms with Gasteiger partial charge >= 0.3 is 0 Å². The van der Waals surface area contributed by atoms with E-state index < -0.39 is 5.54 Å². The first-order valence-electron chi connectivity index (χ1n) is 11.6. The van der Waals surface area contributed by atoms with Crippen LogP contribution in [0.2, 0.25) is 0 Å². The molecule has 2 aliphatic rings. The monoisotopic (exact) mass is 430 g/mol. The van der Waals surface area contributed by atoms with E-state index in [9.17, 15) is 9.59 Å². The van der Waals surface area contributed by atoms with Crippen LogP contribution in [0.25, 0.3) is 11.0 Å². The van der Waals surface area contributed by atoms with Crippen molar-refractivity contribution in [1.82, 2.24) is 14.9 Å². The maximum atomic E-state index is 13.8. The second kappa shape index (κ2) is 8.08. The Morgan fingerprint density at radius 1 is 1.03 bits per heavy atom. The average Bonchev–Trinajstić information content (AvgIpc) is 2.96. The molecule has 1 atom stereocenters. The maximum absolute atomic E-state index is 13.8. The van der Waals surface area contributed by atoms with Crippen molar-refractivity contribution < 1.29 is 9.59 Å². The Kier molecular flexibility index (Phi) is 5.24. The lowest BCUT2D eigenvalue weighted by Gasteiger charge is -2.44. The van der Waals surface area contributed by atoms with E-state index in [4.69, 9.17) is 0 Å². The van der Waals surface area contributed by atoms with Gasteiger partial charge in [-0.3, -0.25) is 14.5 Å². The number of para-hydroxylation sites is 2. The predicted molar refractivity (Wildman–Crippen MR) is 126 cm³/mol. The Bertz CT molecular complexity index is 1160. The number of hydrogen-bond acceptors (Lipinski definition) is 3. The molecule has 1 aliphatic heterocycles. The number of carbonyl (C=O) groups excluding carboxylic acids is 2. The van der Waals surface area contributed by atoms with Crippen molar-refractivity contribution >= 4 is 28.5 Å². The molecular formula is C26H30N4O2. The number of imidazole rings is 1. The Balaban J connectivity index is 1.59. The van der Waals surface area contributed by atoms with Crippen molar-refractivity contribution in [2.45, 2.75) is 70.5 Å². The molecule has 3 aromatic rings. The molecule has 1 unspecified atom stereocenters. The maximum Gasteiger partial charge on any atom is 0.295 e. The molecule has 2 amide bonds. The third kappa shape index (κ3) is 3.48. The lowest BCUT2D eigenvalue weighted by Crippen LogP contribution is -2.65. The SMILES string of the molecule is Cc1ccc(N2C(=O)c3nc4ccccc4n3CC2(C)C(=O)NC2CCCCCC2)cc1. The van der Waals surface area contributed by atoms with Gasteiger partial charge in [0.05, 0.1) is 17.6 Å². The minimum atomic E-state index is -1.06. The minimum Gasteiger partial charge on any atom is -0.351 e. The van der Waals surface area contributed by atoms with Crippen LogP contribution in [-0.4, -0.2) is 32.9 Å². The molecule has 2 heterocycles. The van der Waals surface area contributed by atoms with Gasteiger partial charge < -0.3 is 9.88 Å².